The first-order valence-corrected chi connectivity index (χ1v) is 9.69. The molecule has 3 amide bonds. The second-order valence-electron chi connectivity index (χ2n) is 6.62. The van der Waals surface area contributed by atoms with E-state index >= 15 is 0 Å². The van der Waals surface area contributed by atoms with E-state index in [1.807, 2.05) is 6.92 Å². The topological polar surface area (TPSA) is 79.4 Å². The van der Waals surface area contributed by atoms with Gasteiger partial charge in [-0.2, -0.15) is 0 Å². The molecule has 0 unspecified atom stereocenters. The van der Waals surface area contributed by atoms with Crippen molar-refractivity contribution in [3.8, 4) is 11.3 Å². The molecule has 1 aliphatic heterocycles. The molecule has 29 heavy (non-hydrogen) atoms. The molecule has 0 bridgehead atoms. The quantitative estimate of drug-likeness (QED) is 0.663. The molecular weight excluding hydrogens is 393 g/mol. The second-order valence-corrected chi connectivity index (χ2v) is 7.83. The molecule has 3 aromatic rings. The molecular formula is C21H16FN3O3S. The number of carbonyl (C=O) groups excluding carboxylic acids is 3. The number of nitrogens with one attached hydrogen (secondary N) is 1. The van der Waals surface area contributed by atoms with Crippen molar-refractivity contribution in [2.24, 2.45) is 0 Å². The molecule has 0 saturated heterocycles. The second kappa shape index (κ2) is 7.21. The van der Waals surface area contributed by atoms with Gasteiger partial charge in [-0.05, 0) is 50.2 Å². The van der Waals surface area contributed by atoms with E-state index in [1.165, 1.54) is 30.4 Å². The predicted octanol–water partition coefficient (Wildman–Crippen LogP) is 3.88. The third-order valence-corrected chi connectivity index (χ3v) is 5.62. The van der Waals surface area contributed by atoms with Crippen LogP contribution in [0.25, 0.3) is 11.3 Å². The molecule has 0 saturated carbocycles. The van der Waals surface area contributed by atoms with Gasteiger partial charge in [-0.15, -0.1) is 11.3 Å². The number of hydrogen-bond acceptors (Lipinski definition) is 5. The Labute approximate surface area is 170 Å². The maximum Gasteiger partial charge on any atom is 0.262 e. The number of fused-ring (bicyclic) bond motifs is 1. The van der Waals surface area contributed by atoms with Crippen LogP contribution in [0.2, 0.25) is 0 Å². The normalized spacial score (nSPS) is 14.1. The SMILES string of the molecule is Cc1sc(NC(=O)[C@H](C)N2C(=O)c3ccccc3C2=O)nc1-c1ccc(F)cc1. The van der Waals surface area contributed by atoms with E-state index in [0.29, 0.717) is 22.0 Å². The minimum absolute atomic E-state index is 0.292. The lowest BCUT2D eigenvalue weighted by Gasteiger charge is -2.21. The zero-order chi connectivity index (χ0) is 20.7. The van der Waals surface area contributed by atoms with Crippen molar-refractivity contribution in [2.45, 2.75) is 19.9 Å². The Bertz CT molecular complexity index is 1110. The highest BCUT2D eigenvalue weighted by molar-refractivity contribution is 7.16. The van der Waals surface area contributed by atoms with E-state index in [1.54, 1.807) is 36.4 Å². The molecule has 2 aromatic carbocycles. The van der Waals surface area contributed by atoms with Gasteiger partial charge in [-0.3, -0.25) is 19.3 Å². The van der Waals surface area contributed by atoms with Crippen LogP contribution in [0.15, 0.2) is 48.5 Å². The summed E-state index contributed by atoms with van der Waals surface area (Å²) in [6, 6.07) is 11.4. The van der Waals surface area contributed by atoms with Crippen molar-refractivity contribution in [3.05, 3.63) is 70.4 Å². The number of carbonyl (C=O) groups is 3. The molecule has 0 radical (unpaired) electrons. The van der Waals surface area contributed by atoms with Gasteiger partial charge in [0.25, 0.3) is 11.8 Å². The Balaban J connectivity index is 1.53. The standard InChI is InChI=1S/C21H16FN3O3S/c1-11(25-19(27)15-5-3-4-6-16(15)20(25)28)18(26)24-21-23-17(12(2)29-21)13-7-9-14(22)10-8-13/h3-11H,1-2H3,(H,23,24,26)/t11-/m0/s1. The largest absolute Gasteiger partial charge is 0.300 e. The predicted molar refractivity (Wildman–Crippen MR) is 107 cm³/mol. The van der Waals surface area contributed by atoms with E-state index in [2.05, 4.69) is 10.3 Å². The Kier molecular flexibility index (Phi) is 4.71. The zero-order valence-electron chi connectivity index (χ0n) is 15.6. The van der Waals surface area contributed by atoms with E-state index < -0.39 is 23.8 Å². The number of hydrogen-bond donors (Lipinski definition) is 1. The summed E-state index contributed by atoms with van der Waals surface area (Å²) in [5, 5.41) is 3.02. The van der Waals surface area contributed by atoms with Crippen LogP contribution in [0.4, 0.5) is 9.52 Å². The lowest BCUT2D eigenvalue weighted by molar-refractivity contribution is -0.119. The average Bonchev–Trinajstić information content (AvgIpc) is 3.19. The number of aryl methyl sites for hydroxylation is 1. The summed E-state index contributed by atoms with van der Waals surface area (Å²) in [6.07, 6.45) is 0. The Morgan fingerprint density at radius 2 is 1.66 bits per heavy atom. The van der Waals surface area contributed by atoms with Crippen LogP contribution >= 0.6 is 11.3 Å². The molecule has 0 aliphatic carbocycles. The van der Waals surface area contributed by atoms with Gasteiger partial charge in [0.1, 0.15) is 11.9 Å². The summed E-state index contributed by atoms with van der Waals surface area (Å²) in [5.41, 5.74) is 1.95. The fourth-order valence-electron chi connectivity index (χ4n) is 3.21. The number of aromatic nitrogens is 1. The fraction of sp³-hybridized carbons (Fsp3) is 0.143. The van der Waals surface area contributed by atoms with Crippen molar-refractivity contribution < 1.29 is 18.8 Å². The first-order chi connectivity index (χ1) is 13.9. The van der Waals surface area contributed by atoms with Gasteiger partial charge in [0.15, 0.2) is 5.13 Å². The van der Waals surface area contributed by atoms with Crippen LogP contribution in [0, 0.1) is 12.7 Å². The summed E-state index contributed by atoms with van der Waals surface area (Å²) in [5.74, 6) is -1.84. The van der Waals surface area contributed by atoms with Crippen LogP contribution in [-0.2, 0) is 4.79 Å². The number of halogens is 1. The zero-order valence-corrected chi connectivity index (χ0v) is 16.4. The van der Waals surface area contributed by atoms with Gasteiger partial charge in [-0.25, -0.2) is 9.37 Å². The highest BCUT2D eigenvalue weighted by atomic mass is 32.1. The van der Waals surface area contributed by atoms with Crippen LogP contribution in [-0.4, -0.2) is 33.6 Å². The van der Waals surface area contributed by atoms with Gasteiger partial charge < -0.3 is 5.32 Å². The molecule has 1 aromatic heterocycles. The summed E-state index contributed by atoms with van der Waals surface area (Å²) >= 11 is 1.27. The van der Waals surface area contributed by atoms with Crippen molar-refractivity contribution >= 4 is 34.2 Å². The molecule has 1 N–H and O–H groups in total. The summed E-state index contributed by atoms with van der Waals surface area (Å²) in [6.45, 7) is 3.35. The minimum atomic E-state index is -0.999. The lowest BCUT2D eigenvalue weighted by atomic mass is 10.1. The third kappa shape index (κ3) is 3.31. The fourth-order valence-corrected chi connectivity index (χ4v) is 4.05. The third-order valence-electron chi connectivity index (χ3n) is 4.74. The first-order valence-electron chi connectivity index (χ1n) is 8.88. The van der Waals surface area contributed by atoms with Gasteiger partial charge in [0, 0.05) is 10.4 Å². The molecule has 8 heteroatoms. The van der Waals surface area contributed by atoms with Crippen molar-refractivity contribution in [3.63, 3.8) is 0 Å². The van der Waals surface area contributed by atoms with Gasteiger partial charge >= 0.3 is 0 Å². The van der Waals surface area contributed by atoms with Gasteiger partial charge in [-0.1, -0.05) is 12.1 Å². The number of amides is 3. The highest BCUT2D eigenvalue weighted by Crippen LogP contribution is 2.31. The van der Waals surface area contributed by atoms with Crippen LogP contribution in [0.5, 0.6) is 0 Å². The molecule has 6 nitrogen and oxygen atoms in total. The number of benzene rings is 2. The van der Waals surface area contributed by atoms with Gasteiger partial charge in [0.05, 0.1) is 16.8 Å². The molecule has 1 atom stereocenters. The van der Waals surface area contributed by atoms with E-state index in [-0.39, 0.29) is 5.82 Å². The minimum Gasteiger partial charge on any atom is -0.300 e. The highest BCUT2D eigenvalue weighted by Gasteiger charge is 2.40. The maximum atomic E-state index is 13.1. The summed E-state index contributed by atoms with van der Waals surface area (Å²) in [4.78, 5) is 44.0. The number of thiazole rings is 1. The average molecular weight is 409 g/mol. The van der Waals surface area contributed by atoms with Crippen molar-refractivity contribution in [1.82, 2.24) is 9.88 Å². The molecule has 1 aliphatic rings. The van der Waals surface area contributed by atoms with Gasteiger partial charge in [0.2, 0.25) is 5.91 Å². The van der Waals surface area contributed by atoms with Crippen molar-refractivity contribution in [1.29, 1.82) is 0 Å². The van der Waals surface area contributed by atoms with E-state index in [4.69, 9.17) is 0 Å². The molecule has 146 valence electrons. The Morgan fingerprint density at radius 3 is 2.24 bits per heavy atom. The lowest BCUT2D eigenvalue weighted by Crippen LogP contribution is -2.45. The van der Waals surface area contributed by atoms with Crippen molar-refractivity contribution in [2.75, 3.05) is 5.32 Å². The van der Waals surface area contributed by atoms with E-state index in [0.717, 1.165) is 15.3 Å². The molecule has 0 spiro atoms. The smallest absolute Gasteiger partial charge is 0.262 e. The van der Waals surface area contributed by atoms with Crippen LogP contribution in [0.1, 0.15) is 32.5 Å². The number of nitrogens with zero attached hydrogens (tertiary/aromatic N) is 2. The number of imide groups is 1. The summed E-state index contributed by atoms with van der Waals surface area (Å²) in [7, 11) is 0. The summed E-state index contributed by atoms with van der Waals surface area (Å²) < 4.78 is 13.1. The number of rotatable bonds is 4. The van der Waals surface area contributed by atoms with Crippen LogP contribution < -0.4 is 5.32 Å². The molecule has 0 fully saturated rings. The van der Waals surface area contributed by atoms with E-state index in [9.17, 15) is 18.8 Å². The van der Waals surface area contributed by atoms with Crippen LogP contribution in [0.3, 0.4) is 0 Å². The Hall–Kier alpha value is -3.39. The molecule has 2 heterocycles. The number of anilines is 1. The maximum absolute atomic E-state index is 13.1. The monoisotopic (exact) mass is 409 g/mol. The Morgan fingerprint density at radius 1 is 1.07 bits per heavy atom. The first kappa shape index (κ1) is 18.9. The molecule has 4 rings (SSSR count).